The molecule has 3 nitrogen and oxygen atoms in total. The van der Waals surface area contributed by atoms with E-state index in [-0.39, 0.29) is 11.8 Å². The van der Waals surface area contributed by atoms with Crippen molar-refractivity contribution in [2.24, 2.45) is 0 Å². The van der Waals surface area contributed by atoms with Crippen molar-refractivity contribution in [3.05, 3.63) is 46.4 Å². The van der Waals surface area contributed by atoms with Crippen LogP contribution in [0.15, 0.2) is 40.9 Å². The average Bonchev–Trinajstić information content (AvgIpc) is 2.43. The van der Waals surface area contributed by atoms with Gasteiger partial charge in [0.2, 0.25) is 0 Å². The highest BCUT2D eigenvalue weighted by Crippen LogP contribution is 2.30. The molecular weight excluding hydrogens is 350 g/mol. The lowest BCUT2D eigenvalue weighted by Crippen LogP contribution is -2.28. The molecule has 0 heterocycles. The summed E-state index contributed by atoms with van der Waals surface area (Å²) >= 11 is 3.56. The second kappa shape index (κ2) is 6.90. The third-order valence-corrected chi connectivity index (χ3v) is 5.02. The maximum Gasteiger partial charge on any atom is 0.149 e. The minimum absolute atomic E-state index is 0.110. The first-order valence-electron chi connectivity index (χ1n) is 7.00. The van der Waals surface area contributed by atoms with Gasteiger partial charge in [0.15, 0.2) is 0 Å². The predicted octanol–water partition coefficient (Wildman–Crippen LogP) is 3.69. The zero-order chi connectivity index (χ0) is 15.5. The molecule has 1 atom stereocenters. The third kappa shape index (κ3) is 4.28. The highest BCUT2D eigenvalue weighted by atomic mass is 79.9. The molecule has 0 saturated carbocycles. The molecule has 2 aromatic rings. The van der Waals surface area contributed by atoms with Crippen molar-refractivity contribution < 1.29 is 8.42 Å². The Hall–Kier alpha value is -0.910. The smallest absolute Gasteiger partial charge is 0.149 e. The zero-order valence-electron chi connectivity index (χ0n) is 12.3. The fraction of sp³-hybridized carbons (Fsp3) is 0.375. The number of fused-ring (bicyclic) bond motifs is 1. The molecule has 5 heteroatoms. The van der Waals surface area contributed by atoms with E-state index in [1.165, 1.54) is 6.26 Å². The molecule has 0 aliphatic rings. The SMILES string of the molecule is CCCNC(CS(C)(=O)=O)c1ccc(Br)c2ccccc12. The van der Waals surface area contributed by atoms with Crippen molar-refractivity contribution in [1.29, 1.82) is 0 Å². The van der Waals surface area contributed by atoms with E-state index in [4.69, 9.17) is 0 Å². The Kier molecular flexibility index (Phi) is 5.41. The summed E-state index contributed by atoms with van der Waals surface area (Å²) in [5.74, 6) is 0.110. The van der Waals surface area contributed by atoms with Gasteiger partial charge in [0.05, 0.1) is 5.75 Å². The molecule has 1 N–H and O–H groups in total. The summed E-state index contributed by atoms with van der Waals surface area (Å²) in [5.41, 5.74) is 1.03. The van der Waals surface area contributed by atoms with Crippen LogP contribution in [-0.4, -0.2) is 27.0 Å². The van der Waals surface area contributed by atoms with E-state index in [9.17, 15) is 8.42 Å². The molecule has 114 valence electrons. The molecule has 0 aliphatic heterocycles. The van der Waals surface area contributed by atoms with E-state index >= 15 is 0 Å². The van der Waals surface area contributed by atoms with Crippen molar-refractivity contribution >= 4 is 36.5 Å². The Bertz CT molecular complexity index is 728. The van der Waals surface area contributed by atoms with Crippen LogP contribution in [0.1, 0.15) is 24.9 Å². The van der Waals surface area contributed by atoms with Crippen molar-refractivity contribution in [1.82, 2.24) is 5.32 Å². The maximum atomic E-state index is 11.7. The molecule has 0 bridgehead atoms. The minimum Gasteiger partial charge on any atom is -0.309 e. The first-order chi connectivity index (χ1) is 9.92. The molecule has 0 aromatic heterocycles. The molecule has 2 aromatic carbocycles. The Labute approximate surface area is 134 Å². The zero-order valence-corrected chi connectivity index (χ0v) is 14.7. The Balaban J connectivity index is 2.51. The van der Waals surface area contributed by atoms with Crippen molar-refractivity contribution in [2.45, 2.75) is 19.4 Å². The van der Waals surface area contributed by atoms with Gasteiger partial charge in [-0.15, -0.1) is 0 Å². The second-order valence-electron chi connectivity index (χ2n) is 5.28. The van der Waals surface area contributed by atoms with Gasteiger partial charge in [0, 0.05) is 16.8 Å². The van der Waals surface area contributed by atoms with Gasteiger partial charge >= 0.3 is 0 Å². The van der Waals surface area contributed by atoms with Gasteiger partial charge in [-0.3, -0.25) is 0 Å². The van der Waals surface area contributed by atoms with Crippen LogP contribution < -0.4 is 5.32 Å². The normalized spacial score (nSPS) is 13.5. The summed E-state index contributed by atoms with van der Waals surface area (Å²) in [6.07, 6.45) is 2.25. The van der Waals surface area contributed by atoms with Crippen LogP contribution in [0.5, 0.6) is 0 Å². The molecule has 0 amide bonds. The van der Waals surface area contributed by atoms with E-state index < -0.39 is 9.84 Å². The van der Waals surface area contributed by atoms with Crippen LogP contribution in [0.2, 0.25) is 0 Å². The average molecular weight is 370 g/mol. The largest absolute Gasteiger partial charge is 0.309 e. The Morgan fingerprint density at radius 1 is 1.14 bits per heavy atom. The maximum absolute atomic E-state index is 11.7. The number of rotatable bonds is 6. The number of hydrogen-bond acceptors (Lipinski definition) is 3. The van der Waals surface area contributed by atoms with Gasteiger partial charge in [-0.05, 0) is 35.4 Å². The Morgan fingerprint density at radius 3 is 2.43 bits per heavy atom. The summed E-state index contributed by atoms with van der Waals surface area (Å²) in [6.45, 7) is 2.87. The molecular formula is C16H20BrNO2S. The first-order valence-corrected chi connectivity index (χ1v) is 9.86. The van der Waals surface area contributed by atoms with Crippen molar-refractivity contribution in [3.8, 4) is 0 Å². The molecule has 1 unspecified atom stereocenters. The monoisotopic (exact) mass is 369 g/mol. The quantitative estimate of drug-likeness (QED) is 0.844. The topological polar surface area (TPSA) is 46.2 Å². The fourth-order valence-electron chi connectivity index (χ4n) is 2.47. The minimum atomic E-state index is -3.05. The molecule has 21 heavy (non-hydrogen) atoms. The molecule has 2 rings (SSSR count). The summed E-state index contributed by atoms with van der Waals surface area (Å²) in [4.78, 5) is 0. The summed E-state index contributed by atoms with van der Waals surface area (Å²) in [6, 6.07) is 11.9. The van der Waals surface area contributed by atoms with Gasteiger partial charge in [-0.1, -0.05) is 53.2 Å². The lowest BCUT2D eigenvalue weighted by Gasteiger charge is -2.20. The van der Waals surface area contributed by atoms with E-state index in [1.54, 1.807) is 0 Å². The molecule has 0 aliphatic carbocycles. The van der Waals surface area contributed by atoms with E-state index in [1.807, 2.05) is 36.4 Å². The van der Waals surface area contributed by atoms with Crippen LogP contribution in [0.25, 0.3) is 10.8 Å². The van der Waals surface area contributed by atoms with Gasteiger partial charge < -0.3 is 5.32 Å². The van der Waals surface area contributed by atoms with Crippen molar-refractivity contribution in [3.63, 3.8) is 0 Å². The third-order valence-electron chi connectivity index (χ3n) is 3.39. The highest BCUT2D eigenvalue weighted by Gasteiger charge is 2.19. The summed E-state index contributed by atoms with van der Waals surface area (Å²) in [7, 11) is -3.05. The number of benzene rings is 2. The van der Waals surface area contributed by atoms with Crippen molar-refractivity contribution in [2.75, 3.05) is 18.6 Å². The number of nitrogens with one attached hydrogen (secondary N) is 1. The van der Waals surface area contributed by atoms with Gasteiger partial charge in [-0.25, -0.2) is 8.42 Å². The van der Waals surface area contributed by atoms with E-state index in [0.717, 1.165) is 33.8 Å². The summed E-state index contributed by atoms with van der Waals surface area (Å²) < 4.78 is 24.5. The summed E-state index contributed by atoms with van der Waals surface area (Å²) in [5, 5.41) is 5.55. The molecule has 0 fully saturated rings. The van der Waals surface area contributed by atoms with Crippen LogP contribution in [0, 0.1) is 0 Å². The van der Waals surface area contributed by atoms with Crippen LogP contribution in [-0.2, 0) is 9.84 Å². The highest BCUT2D eigenvalue weighted by molar-refractivity contribution is 9.10. The number of sulfone groups is 1. The number of hydrogen-bond donors (Lipinski definition) is 1. The van der Waals surface area contributed by atoms with E-state index in [0.29, 0.717) is 0 Å². The Morgan fingerprint density at radius 2 is 1.81 bits per heavy atom. The second-order valence-corrected chi connectivity index (χ2v) is 8.32. The predicted molar refractivity (Wildman–Crippen MR) is 92.4 cm³/mol. The lowest BCUT2D eigenvalue weighted by atomic mass is 9.99. The van der Waals surface area contributed by atoms with Crippen LogP contribution in [0.3, 0.4) is 0 Å². The lowest BCUT2D eigenvalue weighted by molar-refractivity contribution is 0.551. The van der Waals surface area contributed by atoms with Crippen LogP contribution in [0.4, 0.5) is 0 Å². The molecule has 0 spiro atoms. The molecule has 0 saturated heterocycles. The van der Waals surface area contributed by atoms with E-state index in [2.05, 4.69) is 28.2 Å². The first kappa shape index (κ1) is 16.5. The van der Waals surface area contributed by atoms with Gasteiger partial charge in [0.25, 0.3) is 0 Å². The van der Waals surface area contributed by atoms with Gasteiger partial charge in [-0.2, -0.15) is 0 Å². The van der Waals surface area contributed by atoms with Crippen LogP contribution >= 0.6 is 15.9 Å². The van der Waals surface area contributed by atoms with Gasteiger partial charge in [0.1, 0.15) is 9.84 Å². The number of halogens is 1. The molecule has 0 radical (unpaired) electrons. The fourth-order valence-corrected chi connectivity index (χ4v) is 3.85. The standard InChI is InChI=1S/C16H20BrNO2S/c1-3-10-18-16(11-21(2,19)20)14-8-9-15(17)13-7-5-4-6-12(13)14/h4-9,16,18H,3,10-11H2,1-2H3.